The van der Waals surface area contributed by atoms with Gasteiger partial charge in [-0.1, -0.05) is 18.3 Å². The maximum absolute atomic E-state index is 11.6. The minimum absolute atomic E-state index is 0.141. The Morgan fingerprint density at radius 3 is 2.71 bits per heavy atom. The molecule has 0 radical (unpaired) electrons. The molecule has 5 heteroatoms. The lowest BCUT2D eigenvalue weighted by Gasteiger charge is -2.24. The predicted molar refractivity (Wildman–Crippen MR) is 62.6 cm³/mol. The molecule has 0 bridgehead atoms. The monoisotopic (exact) mass is 228 g/mol. The molecule has 0 atom stereocenters. The average molecular weight is 228 g/mol. The van der Waals surface area contributed by atoms with Gasteiger partial charge < -0.3 is 11.1 Å². The molecule has 0 aliphatic carbocycles. The number of hydrogen-bond acceptors (Lipinski definition) is 3. The van der Waals surface area contributed by atoms with Crippen LogP contribution < -0.4 is 11.1 Å². The standard InChI is InChI=1S/C9H12N2OS2/c1-9(2,8(10)13)11-7(12)6-4-3-5-14-6/h3-5H,1-2H3,(H2,10,13)(H,11,12). The molecule has 3 N–H and O–H groups in total. The van der Waals surface area contributed by atoms with E-state index in [9.17, 15) is 4.79 Å². The molecule has 1 heterocycles. The van der Waals surface area contributed by atoms with Crippen LogP contribution in [0.5, 0.6) is 0 Å². The Bertz CT molecular complexity index is 344. The third kappa shape index (κ3) is 2.52. The molecule has 0 spiro atoms. The van der Waals surface area contributed by atoms with Gasteiger partial charge in [0.05, 0.1) is 15.4 Å². The molecule has 1 rings (SSSR count). The highest BCUT2D eigenvalue weighted by atomic mass is 32.1. The maximum Gasteiger partial charge on any atom is 0.262 e. The largest absolute Gasteiger partial charge is 0.391 e. The lowest BCUT2D eigenvalue weighted by Crippen LogP contribution is -2.51. The quantitative estimate of drug-likeness (QED) is 0.772. The van der Waals surface area contributed by atoms with E-state index in [4.69, 9.17) is 18.0 Å². The van der Waals surface area contributed by atoms with E-state index >= 15 is 0 Å². The van der Waals surface area contributed by atoms with Crippen molar-refractivity contribution < 1.29 is 4.79 Å². The van der Waals surface area contributed by atoms with Crippen LogP contribution in [0.2, 0.25) is 0 Å². The van der Waals surface area contributed by atoms with Crippen LogP contribution in [0, 0.1) is 0 Å². The van der Waals surface area contributed by atoms with Gasteiger partial charge in [-0.05, 0) is 25.3 Å². The zero-order chi connectivity index (χ0) is 10.8. The van der Waals surface area contributed by atoms with Crippen molar-refractivity contribution in [1.29, 1.82) is 0 Å². The van der Waals surface area contributed by atoms with E-state index in [1.165, 1.54) is 11.3 Å². The molecule has 3 nitrogen and oxygen atoms in total. The maximum atomic E-state index is 11.6. The van der Waals surface area contributed by atoms with E-state index in [-0.39, 0.29) is 10.9 Å². The molecule has 1 aromatic rings. The fourth-order valence-electron chi connectivity index (χ4n) is 0.815. The van der Waals surface area contributed by atoms with E-state index in [1.54, 1.807) is 19.9 Å². The first-order chi connectivity index (χ1) is 6.43. The summed E-state index contributed by atoms with van der Waals surface area (Å²) in [6.45, 7) is 3.56. The first kappa shape index (κ1) is 11.1. The van der Waals surface area contributed by atoms with Gasteiger partial charge in [0.25, 0.3) is 5.91 Å². The van der Waals surface area contributed by atoms with Crippen LogP contribution in [0.3, 0.4) is 0 Å². The van der Waals surface area contributed by atoms with Crippen molar-refractivity contribution in [2.24, 2.45) is 5.73 Å². The van der Waals surface area contributed by atoms with Gasteiger partial charge in [-0.15, -0.1) is 11.3 Å². The van der Waals surface area contributed by atoms with Crippen LogP contribution in [0.4, 0.5) is 0 Å². The number of thiophene rings is 1. The number of rotatable bonds is 3. The third-order valence-electron chi connectivity index (χ3n) is 1.79. The molecule has 0 saturated heterocycles. The van der Waals surface area contributed by atoms with Gasteiger partial charge in [0, 0.05) is 0 Å². The second-order valence-electron chi connectivity index (χ2n) is 3.42. The van der Waals surface area contributed by atoms with Crippen LogP contribution in [0.15, 0.2) is 17.5 Å². The van der Waals surface area contributed by atoms with E-state index < -0.39 is 5.54 Å². The molecule has 0 aliphatic heterocycles. The lowest BCUT2D eigenvalue weighted by molar-refractivity contribution is 0.0936. The van der Waals surface area contributed by atoms with Crippen molar-refractivity contribution >= 4 is 34.5 Å². The van der Waals surface area contributed by atoms with Crippen LogP contribution >= 0.6 is 23.6 Å². The molecule has 0 aliphatic rings. The van der Waals surface area contributed by atoms with Crippen molar-refractivity contribution in [3.05, 3.63) is 22.4 Å². The van der Waals surface area contributed by atoms with Gasteiger partial charge in [-0.2, -0.15) is 0 Å². The van der Waals surface area contributed by atoms with Crippen molar-refractivity contribution in [3.8, 4) is 0 Å². The van der Waals surface area contributed by atoms with Crippen molar-refractivity contribution in [2.45, 2.75) is 19.4 Å². The Balaban J connectivity index is 2.71. The second-order valence-corrected chi connectivity index (χ2v) is 4.81. The Kier molecular flexibility index (Phi) is 3.23. The summed E-state index contributed by atoms with van der Waals surface area (Å²) in [5.74, 6) is -0.141. The summed E-state index contributed by atoms with van der Waals surface area (Å²) < 4.78 is 0. The topological polar surface area (TPSA) is 55.1 Å². The van der Waals surface area contributed by atoms with Gasteiger partial charge in [0.1, 0.15) is 0 Å². The van der Waals surface area contributed by atoms with Gasteiger partial charge >= 0.3 is 0 Å². The number of carbonyl (C=O) groups excluding carboxylic acids is 1. The zero-order valence-electron chi connectivity index (χ0n) is 8.03. The minimum atomic E-state index is -0.642. The van der Waals surface area contributed by atoms with E-state index in [0.29, 0.717) is 4.88 Å². The molecule has 0 aromatic carbocycles. The Hall–Kier alpha value is -0.940. The van der Waals surface area contributed by atoms with Crippen LogP contribution in [-0.4, -0.2) is 16.4 Å². The molecule has 1 aromatic heterocycles. The van der Waals surface area contributed by atoms with Crippen molar-refractivity contribution in [1.82, 2.24) is 5.32 Å². The average Bonchev–Trinajstić information content (AvgIpc) is 2.54. The van der Waals surface area contributed by atoms with E-state index in [2.05, 4.69) is 5.32 Å². The molecule has 14 heavy (non-hydrogen) atoms. The number of hydrogen-bond donors (Lipinski definition) is 2. The summed E-state index contributed by atoms with van der Waals surface area (Å²) in [6, 6.07) is 3.59. The lowest BCUT2D eigenvalue weighted by atomic mass is 10.1. The molecular formula is C9H12N2OS2. The number of thiocarbonyl (C=S) groups is 1. The SMILES string of the molecule is CC(C)(NC(=O)c1cccs1)C(N)=S. The summed E-state index contributed by atoms with van der Waals surface area (Å²) in [7, 11) is 0. The van der Waals surface area contributed by atoms with Crippen molar-refractivity contribution in [3.63, 3.8) is 0 Å². The summed E-state index contributed by atoms with van der Waals surface area (Å²) >= 11 is 6.23. The van der Waals surface area contributed by atoms with Crippen LogP contribution in [0.1, 0.15) is 23.5 Å². The summed E-state index contributed by atoms with van der Waals surface area (Å²) in [5, 5.41) is 4.61. The molecular weight excluding hydrogens is 216 g/mol. The van der Waals surface area contributed by atoms with Crippen LogP contribution in [-0.2, 0) is 0 Å². The minimum Gasteiger partial charge on any atom is -0.391 e. The molecule has 0 saturated carbocycles. The Labute approximate surface area is 92.3 Å². The molecule has 76 valence electrons. The fourth-order valence-corrected chi connectivity index (χ4v) is 1.48. The molecule has 0 fully saturated rings. The van der Waals surface area contributed by atoms with E-state index in [1.807, 2.05) is 11.4 Å². The number of nitrogens with one attached hydrogen (secondary N) is 1. The first-order valence-electron chi connectivity index (χ1n) is 4.09. The summed E-state index contributed by atoms with van der Waals surface area (Å²) in [6.07, 6.45) is 0. The van der Waals surface area contributed by atoms with Crippen LogP contribution in [0.25, 0.3) is 0 Å². The Morgan fingerprint density at radius 1 is 1.64 bits per heavy atom. The molecule has 0 unspecified atom stereocenters. The number of nitrogens with two attached hydrogens (primary N) is 1. The fraction of sp³-hybridized carbons (Fsp3) is 0.333. The highest BCUT2D eigenvalue weighted by Gasteiger charge is 2.24. The summed E-state index contributed by atoms with van der Waals surface area (Å²) in [5.41, 5.74) is 4.85. The third-order valence-corrected chi connectivity index (χ3v) is 3.17. The first-order valence-corrected chi connectivity index (χ1v) is 5.38. The second kappa shape index (κ2) is 4.06. The van der Waals surface area contributed by atoms with Gasteiger partial charge in [0.15, 0.2) is 0 Å². The van der Waals surface area contributed by atoms with Gasteiger partial charge in [-0.25, -0.2) is 0 Å². The van der Waals surface area contributed by atoms with Gasteiger partial charge in [-0.3, -0.25) is 4.79 Å². The normalized spacial score (nSPS) is 11.0. The predicted octanol–water partition coefficient (Wildman–Crippen LogP) is 1.54. The summed E-state index contributed by atoms with van der Waals surface area (Å²) in [4.78, 5) is 12.6. The number of amides is 1. The zero-order valence-corrected chi connectivity index (χ0v) is 9.67. The molecule has 1 amide bonds. The van der Waals surface area contributed by atoms with E-state index in [0.717, 1.165) is 0 Å². The number of carbonyl (C=O) groups is 1. The van der Waals surface area contributed by atoms with Crippen molar-refractivity contribution in [2.75, 3.05) is 0 Å². The highest BCUT2D eigenvalue weighted by Crippen LogP contribution is 2.11. The van der Waals surface area contributed by atoms with Gasteiger partial charge in [0.2, 0.25) is 0 Å². The smallest absolute Gasteiger partial charge is 0.262 e. The highest BCUT2D eigenvalue weighted by molar-refractivity contribution is 7.80. The Morgan fingerprint density at radius 2 is 2.29 bits per heavy atom.